The minimum absolute atomic E-state index is 0.0543. The number of aliphatic carboxylic acids is 1. The predicted molar refractivity (Wildman–Crippen MR) is 61.3 cm³/mol. The summed E-state index contributed by atoms with van der Waals surface area (Å²) in [5.41, 5.74) is 0. The number of hydrogen-bond donors (Lipinski definition) is 2. The SMILES string of the molecule is CCSCC(C)NC(=O)N(C)CC(=O)O. The highest BCUT2D eigenvalue weighted by molar-refractivity contribution is 7.99. The third kappa shape index (κ3) is 7.07. The second kappa shape index (κ2) is 7.39. The van der Waals surface area contributed by atoms with E-state index >= 15 is 0 Å². The summed E-state index contributed by atoms with van der Waals surface area (Å²) in [7, 11) is 1.46. The van der Waals surface area contributed by atoms with Gasteiger partial charge in [-0.15, -0.1) is 0 Å². The topological polar surface area (TPSA) is 69.6 Å². The molecule has 0 aliphatic heterocycles. The van der Waals surface area contributed by atoms with E-state index in [1.165, 1.54) is 7.05 Å². The Balaban J connectivity index is 3.85. The summed E-state index contributed by atoms with van der Waals surface area (Å²) in [6.45, 7) is 3.67. The van der Waals surface area contributed by atoms with E-state index in [9.17, 15) is 9.59 Å². The summed E-state index contributed by atoms with van der Waals surface area (Å²) in [5, 5.41) is 11.2. The molecular weight excluding hydrogens is 216 g/mol. The van der Waals surface area contributed by atoms with Crippen molar-refractivity contribution in [3.05, 3.63) is 0 Å². The van der Waals surface area contributed by atoms with Gasteiger partial charge in [0, 0.05) is 18.8 Å². The third-order valence-electron chi connectivity index (χ3n) is 1.66. The Kier molecular flexibility index (Phi) is 6.94. The van der Waals surface area contributed by atoms with E-state index in [1.54, 1.807) is 11.8 Å². The van der Waals surface area contributed by atoms with Crippen LogP contribution >= 0.6 is 11.8 Å². The van der Waals surface area contributed by atoms with Gasteiger partial charge in [-0.2, -0.15) is 11.8 Å². The van der Waals surface area contributed by atoms with Crippen molar-refractivity contribution in [3.63, 3.8) is 0 Å². The average molecular weight is 234 g/mol. The minimum atomic E-state index is -1.01. The number of amides is 2. The molecule has 1 unspecified atom stereocenters. The predicted octanol–water partition coefficient (Wildman–Crippen LogP) is 0.854. The molecule has 2 amide bonds. The number of likely N-dealkylation sites (N-methyl/N-ethyl adjacent to an activating group) is 1. The monoisotopic (exact) mass is 234 g/mol. The Labute approximate surface area is 94.2 Å². The van der Waals surface area contributed by atoms with Crippen LogP contribution in [-0.2, 0) is 4.79 Å². The summed E-state index contributed by atoms with van der Waals surface area (Å²) in [6.07, 6.45) is 0. The maximum atomic E-state index is 11.4. The van der Waals surface area contributed by atoms with Gasteiger partial charge in [0.2, 0.25) is 0 Å². The van der Waals surface area contributed by atoms with Gasteiger partial charge < -0.3 is 15.3 Å². The van der Waals surface area contributed by atoms with Gasteiger partial charge in [-0.05, 0) is 12.7 Å². The summed E-state index contributed by atoms with van der Waals surface area (Å²) in [4.78, 5) is 22.9. The normalized spacial score (nSPS) is 11.9. The first-order valence-corrected chi connectivity index (χ1v) is 5.94. The van der Waals surface area contributed by atoms with E-state index in [-0.39, 0.29) is 18.6 Å². The number of carboxylic acids is 1. The van der Waals surface area contributed by atoms with E-state index in [0.29, 0.717) is 0 Å². The average Bonchev–Trinajstić information content (AvgIpc) is 2.13. The molecule has 0 aromatic heterocycles. The minimum Gasteiger partial charge on any atom is -0.480 e. The number of hydrogen-bond acceptors (Lipinski definition) is 3. The van der Waals surface area contributed by atoms with Crippen LogP contribution in [0.2, 0.25) is 0 Å². The van der Waals surface area contributed by atoms with Crippen LogP contribution < -0.4 is 5.32 Å². The van der Waals surface area contributed by atoms with Crippen LogP contribution in [0.15, 0.2) is 0 Å². The summed E-state index contributed by atoms with van der Waals surface area (Å²) < 4.78 is 0. The van der Waals surface area contributed by atoms with Crippen LogP contribution in [0.1, 0.15) is 13.8 Å². The fraction of sp³-hybridized carbons (Fsp3) is 0.778. The maximum Gasteiger partial charge on any atom is 0.323 e. The van der Waals surface area contributed by atoms with Gasteiger partial charge in [0.05, 0.1) is 0 Å². The molecule has 0 aromatic rings. The van der Waals surface area contributed by atoms with E-state index < -0.39 is 5.97 Å². The van der Waals surface area contributed by atoms with Crippen molar-refractivity contribution in [3.8, 4) is 0 Å². The molecule has 0 saturated heterocycles. The molecule has 6 heteroatoms. The molecule has 0 aliphatic rings. The molecule has 0 heterocycles. The number of nitrogens with zero attached hydrogens (tertiary/aromatic N) is 1. The molecule has 0 aliphatic carbocycles. The maximum absolute atomic E-state index is 11.4. The fourth-order valence-corrected chi connectivity index (χ4v) is 1.60. The van der Waals surface area contributed by atoms with Crippen molar-refractivity contribution in [2.75, 3.05) is 25.1 Å². The van der Waals surface area contributed by atoms with E-state index in [4.69, 9.17) is 5.11 Å². The highest BCUT2D eigenvalue weighted by Crippen LogP contribution is 2.01. The molecule has 1 atom stereocenters. The lowest BCUT2D eigenvalue weighted by molar-refractivity contribution is -0.137. The molecule has 15 heavy (non-hydrogen) atoms. The molecule has 0 spiro atoms. The zero-order valence-electron chi connectivity index (χ0n) is 9.32. The second-order valence-electron chi connectivity index (χ2n) is 3.26. The highest BCUT2D eigenvalue weighted by Gasteiger charge is 2.13. The van der Waals surface area contributed by atoms with Crippen molar-refractivity contribution >= 4 is 23.8 Å². The number of carbonyl (C=O) groups excluding carboxylic acids is 1. The van der Waals surface area contributed by atoms with Crippen LogP contribution in [0.3, 0.4) is 0 Å². The number of urea groups is 1. The molecule has 88 valence electrons. The van der Waals surface area contributed by atoms with Gasteiger partial charge in [-0.3, -0.25) is 4.79 Å². The van der Waals surface area contributed by atoms with Gasteiger partial charge in [0.15, 0.2) is 0 Å². The number of carbonyl (C=O) groups is 2. The molecule has 2 N–H and O–H groups in total. The van der Waals surface area contributed by atoms with Crippen LogP contribution in [-0.4, -0.2) is 53.1 Å². The van der Waals surface area contributed by atoms with Gasteiger partial charge in [0.25, 0.3) is 0 Å². The molecule has 0 saturated carbocycles. The van der Waals surface area contributed by atoms with Crippen molar-refractivity contribution < 1.29 is 14.7 Å². The van der Waals surface area contributed by atoms with Crippen molar-refractivity contribution in [2.24, 2.45) is 0 Å². The van der Waals surface area contributed by atoms with Crippen LogP contribution in [0.25, 0.3) is 0 Å². The van der Waals surface area contributed by atoms with Gasteiger partial charge >= 0.3 is 12.0 Å². The zero-order chi connectivity index (χ0) is 11.8. The zero-order valence-corrected chi connectivity index (χ0v) is 10.1. The number of rotatable bonds is 6. The summed E-state index contributed by atoms with van der Waals surface area (Å²) >= 11 is 1.73. The summed E-state index contributed by atoms with van der Waals surface area (Å²) in [5.74, 6) is 0.831. The van der Waals surface area contributed by atoms with E-state index in [1.807, 2.05) is 6.92 Å². The number of thioether (sulfide) groups is 1. The Morgan fingerprint density at radius 2 is 2.13 bits per heavy atom. The van der Waals surface area contributed by atoms with Crippen molar-refractivity contribution in [1.82, 2.24) is 10.2 Å². The molecular formula is C9H18N2O3S. The molecule has 0 aromatic carbocycles. The first-order valence-electron chi connectivity index (χ1n) is 4.78. The van der Waals surface area contributed by atoms with Crippen LogP contribution in [0.5, 0.6) is 0 Å². The Morgan fingerprint density at radius 3 is 2.60 bits per heavy atom. The standard InChI is InChI=1S/C9H18N2O3S/c1-4-15-6-7(2)10-9(14)11(3)5-8(12)13/h7H,4-6H2,1-3H3,(H,10,14)(H,12,13). The largest absolute Gasteiger partial charge is 0.480 e. The number of carboxylic acid groups (broad SMARTS) is 1. The smallest absolute Gasteiger partial charge is 0.323 e. The molecule has 5 nitrogen and oxygen atoms in total. The molecule has 0 rings (SSSR count). The second-order valence-corrected chi connectivity index (χ2v) is 4.58. The Morgan fingerprint density at radius 1 is 1.53 bits per heavy atom. The fourth-order valence-electron chi connectivity index (χ4n) is 0.932. The van der Waals surface area contributed by atoms with E-state index in [0.717, 1.165) is 16.4 Å². The first kappa shape index (κ1) is 14.1. The highest BCUT2D eigenvalue weighted by atomic mass is 32.2. The lowest BCUT2D eigenvalue weighted by atomic mass is 10.4. The summed E-state index contributed by atoms with van der Waals surface area (Å²) in [6, 6.07) is -0.291. The Bertz CT molecular complexity index is 223. The third-order valence-corrected chi connectivity index (χ3v) is 2.80. The lowest BCUT2D eigenvalue weighted by Crippen LogP contribution is -2.44. The van der Waals surface area contributed by atoms with Crippen molar-refractivity contribution in [1.29, 1.82) is 0 Å². The van der Waals surface area contributed by atoms with Crippen molar-refractivity contribution in [2.45, 2.75) is 19.9 Å². The Hall–Kier alpha value is -0.910. The molecule has 0 fully saturated rings. The number of nitrogens with one attached hydrogen (secondary N) is 1. The molecule has 0 radical (unpaired) electrons. The lowest BCUT2D eigenvalue weighted by Gasteiger charge is -2.19. The quantitative estimate of drug-likeness (QED) is 0.715. The molecule has 0 bridgehead atoms. The van der Waals surface area contributed by atoms with Crippen LogP contribution in [0, 0.1) is 0 Å². The van der Waals surface area contributed by atoms with Crippen LogP contribution in [0.4, 0.5) is 4.79 Å². The van der Waals surface area contributed by atoms with Gasteiger partial charge in [-0.1, -0.05) is 6.92 Å². The van der Waals surface area contributed by atoms with Gasteiger partial charge in [0.1, 0.15) is 6.54 Å². The van der Waals surface area contributed by atoms with Gasteiger partial charge in [-0.25, -0.2) is 4.79 Å². The first-order chi connectivity index (χ1) is 6.97. The van der Waals surface area contributed by atoms with E-state index in [2.05, 4.69) is 12.2 Å².